The van der Waals surface area contributed by atoms with Crippen LogP contribution in [0.15, 0.2) is 65.7 Å². The SMILES string of the molecule is COc1cc2nccc(Oc3ccc4cc(NC(=O)C5=CCCS5)ccc4c3F)c2cc1OC. The lowest BCUT2D eigenvalue weighted by Gasteiger charge is -2.13. The Bertz CT molecular complexity index is 1450. The number of allylic oxidation sites excluding steroid dienone is 1. The second-order valence-corrected chi connectivity index (χ2v) is 8.75. The minimum Gasteiger partial charge on any atom is -0.493 e. The lowest BCUT2D eigenvalue weighted by molar-refractivity contribution is -0.112. The fourth-order valence-electron chi connectivity index (χ4n) is 3.85. The van der Waals surface area contributed by atoms with Crippen LogP contribution in [0.2, 0.25) is 0 Å². The number of ether oxygens (including phenoxy) is 3. The summed E-state index contributed by atoms with van der Waals surface area (Å²) in [7, 11) is 3.10. The van der Waals surface area contributed by atoms with E-state index in [9.17, 15) is 4.79 Å². The number of carbonyl (C=O) groups is 1. The van der Waals surface area contributed by atoms with Crippen LogP contribution < -0.4 is 19.5 Å². The van der Waals surface area contributed by atoms with Crippen LogP contribution in [0.5, 0.6) is 23.0 Å². The second-order valence-electron chi connectivity index (χ2n) is 7.61. The maximum atomic E-state index is 15.4. The van der Waals surface area contributed by atoms with E-state index in [1.54, 1.807) is 68.9 Å². The van der Waals surface area contributed by atoms with Gasteiger partial charge in [0.2, 0.25) is 0 Å². The first-order chi connectivity index (χ1) is 16.6. The van der Waals surface area contributed by atoms with Crippen molar-refractivity contribution in [1.82, 2.24) is 4.98 Å². The largest absolute Gasteiger partial charge is 0.493 e. The Hall–Kier alpha value is -3.78. The number of aromatic nitrogens is 1. The van der Waals surface area contributed by atoms with E-state index in [0.29, 0.717) is 49.5 Å². The lowest BCUT2D eigenvalue weighted by Crippen LogP contribution is -2.11. The molecule has 8 heteroatoms. The molecule has 1 aliphatic heterocycles. The number of methoxy groups -OCH3 is 2. The molecule has 4 aromatic rings. The quantitative estimate of drug-likeness (QED) is 0.352. The summed E-state index contributed by atoms with van der Waals surface area (Å²) in [5.74, 6) is 1.88. The minimum atomic E-state index is -0.491. The van der Waals surface area contributed by atoms with Gasteiger partial charge >= 0.3 is 0 Å². The Morgan fingerprint density at radius 2 is 1.79 bits per heavy atom. The molecule has 2 heterocycles. The van der Waals surface area contributed by atoms with Gasteiger partial charge in [-0.2, -0.15) is 0 Å². The summed E-state index contributed by atoms with van der Waals surface area (Å²) in [5, 5.41) is 4.59. The number of thioether (sulfide) groups is 1. The van der Waals surface area contributed by atoms with Crippen LogP contribution in [-0.4, -0.2) is 30.9 Å². The Morgan fingerprint density at radius 1 is 0.971 bits per heavy atom. The molecular formula is C26H21FN2O4S. The monoisotopic (exact) mass is 476 g/mol. The van der Waals surface area contributed by atoms with E-state index in [1.807, 2.05) is 6.08 Å². The molecule has 1 N–H and O–H groups in total. The number of nitrogens with one attached hydrogen (secondary N) is 1. The first-order valence-electron chi connectivity index (χ1n) is 10.6. The fourth-order valence-corrected chi connectivity index (χ4v) is 4.73. The smallest absolute Gasteiger partial charge is 0.261 e. The van der Waals surface area contributed by atoms with Crippen molar-refractivity contribution in [2.75, 3.05) is 25.3 Å². The van der Waals surface area contributed by atoms with Gasteiger partial charge in [-0.05, 0) is 48.2 Å². The summed E-state index contributed by atoms with van der Waals surface area (Å²) >= 11 is 1.54. The molecule has 0 bridgehead atoms. The Balaban J connectivity index is 1.46. The highest BCUT2D eigenvalue weighted by Crippen LogP contribution is 2.38. The van der Waals surface area contributed by atoms with Crippen LogP contribution in [0.4, 0.5) is 10.1 Å². The molecule has 3 aromatic carbocycles. The maximum Gasteiger partial charge on any atom is 0.261 e. The van der Waals surface area contributed by atoms with Crippen molar-refractivity contribution in [3.8, 4) is 23.0 Å². The standard InChI is InChI=1S/C26H21FN2O4S/c1-31-22-13-18-19(14-23(22)32-2)28-10-9-20(18)33-21-8-5-15-12-16(6-7-17(15)25(21)27)29-26(30)24-4-3-11-34-24/h4-10,12-14H,3,11H2,1-2H3,(H,29,30). The van der Waals surface area contributed by atoms with Crippen LogP contribution in [0.1, 0.15) is 6.42 Å². The van der Waals surface area contributed by atoms with Crippen LogP contribution in [-0.2, 0) is 4.79 Å². The molecule has 1 aromatic heterocycles. The zero-order valence-corrected chi connectivity index (χ0v) is 19.4. The number of nitrogens with zero attached hydrogens (tertiary/aromatic N) is 1. The first kappa shape index (κ1) is 22.0. The topological polar surface area (TPSA) is 69.7 Å². The normalized spacial score (nSPS) is 13.1. The predicted molar refractivity (Wildman–Crippen MR) is 133 cm³/mol. The number of fused-ring (bicyclic) bond motifs is 2. The third-order valence-corrected chi connectivity index (χ3v) is 6.64. The number of anilines is 1. The molecule has 6 nitrogen and oxygen atoms in total. The first-order valence-corrected chi connectivity index (χ1v) is 11.6. The van der Waals surface area contributed by atoms with E-state index in [1.165, 1.54) is 11.8 Å². The van der Waals surface area contributed by atoms with Gasteiger partial charge in [-0.3, -0.25) is 9.78 Å². The number of rotatable bonds is 6. The molecule has 5 rings (SSSR count). The van der Waals surface area contributed by atoms with Crippen molar-refractivity contribution in [3.05, 3.63) is 71.5 Å². The van der Waals surface area contributed by atoms with Crippen molar-refractivity contribution in [2.45, 2.75) is 6.42 Å². The van der Waals surface area contributed by atoms with Crippen LogP contribution in [0.25, 0.3) is 21.7 Å². The van der Waals surface area contributed by atoms with E-state index in [4.69, 9.17) is 14.2 Å². The average molecular weight is 477 g/mol. The molecule has 172 valence electrons. The van der Waals surface area contributed by atoms with Gasteiger partial charge in [0.05, 0.1) is 24.6 Å². The van der Waals surface area contributed by atoms with Crippen LogP contribution >= 0.6 is 11.8 Å². The second kappa shape index (κ2) is 9.23. The van der Waals surface area contributed by atoms with Gasteiger partial charge in [-0.15, -0.1) is 11.8 Å². The van der Waals surface area contributed by atoms with E-state index >= 15 is 4.39 Å². The molecular weight excluding hydrogens is 455 g/mol. The average Bonchev–Trinajstić information content (AvgIpc) is 3.40. The number of benzene rings is 3. The maximum absolute atomic E-state index is 15.4. The number of amides is 1. The highest BCUT2D eigenvalue weighted by molar-refractivity contribution is 8.04. The predicted octanol–water partition coefficient (Wildman–Crippen LogP) is 6.30. The Morgan fingerprint density at radius 3 is 2.56 bits per heavy atom. The van der Waals surface area contributed by atoms with Crippen molar-refractivity contribution in [1.29, 1.82) is 0 Å². The van der Waals surface area contributed by atoms with E-state index in [0.717, 1.165) is 12.2 Å². The lowest BCUT2D eigenvalue weighted by atomic mass is 10.1. The highest BCUT2D eigenvalue weighted by Gasteiger charge is 2.17. The van der Waals surface area contributed by atoms with Gasteiger partial charge in [0.25, 0.3) is 5.91 Å². The summed E-state index contributed by atoms with van der Waals surface area (Å²) in [6, 6.07) is 13.6. The molecule has 1 aliphatic rings. The van der Waals surface area contributed by atoms with Crippen molar-refractivity contribution in [2.24, 2.45) is 0 Å². The molecule has 0 saturated carbocycles. The van der Waals surface area contributed by atoms with Crippen LogP contribution in [0.3, 0.4) is 0 Å². The molecule has 0 atom stereocenters. The highest BCUT2D eigenvalue weighted by atomic mass is 32.2. The summed E-state index contributed by atoms with van der Waals surface area (Å²) in [6.45, 7) is 0. The summed E-state index contributed by atoms with van der Waals surface area (Å²) < 4.78 is 32.1. The number of hydrogen-bond donors (Lipinski definition) is 1. The van der Waals surface area contributed by atoms with Gasteiger partial charge in [0.15, 0.2) is 23.1 Å². The van der Waals surface area contributed by atoms with Crippen LogP contribution in [0, 0.1) is 5.82 Å². The van der Waals surface area contributed by atoms with Gasteiger partial charge in [0, 0.05) is 34.5 Å². The Kier molecular flexibility index (Phi) is 5.98. The molecule has 0 spiro atoms. The number of hydrogen-bond acceptors (Lipinski definition) is 6. The summed E-state index contributed by atoms with van der Waals surface area (Å²) in [6.07, 6.45) is 4.42. The van der Waals surface area contributed by atoms with Gasteiger partial charge in [0.1, 0.15) is 5.75 Å². The molecule has 1 amide bonds. The molecule has 0 fully saturated rings. The van der Waals surface area contributed by atoms with Gasteiger partial charge in [-0.1, -0.05) is 12.1 Å². The van der Waals surface area contributed by atoms with Crippen molar-refractivity contribution >= 4 is 45.0 Å². The molecule has 0 saturated heterocycles. The Labute approximate surface area is 199 Å². The molecule has 0 aliphatic carbocycles. The third kappa shape index (κ3) is 4.12. The van der Waals surface area contributed by atoms with E-state index in [-0.39, 0.29) is 11.7 Å². The number of carbonyl (C=O) groups excluding carboxylic acids is 1. The zero-order chi connectivity index (χ0) is 23.7. The fraction of sp³-hybridized carbons (Fsp3) is 0.154. The van der Waals surface area contributed by atoms with E-state index < -0.39 is 5.82 Å². The van der Waals surface area contributed by atoms with Crippen molar-refractivity contribution < 1.29 is 23.4 Å². The molecule has 0 unspecified atom stereocenters. The summed E-state index contributed by atoms with van der Waals surface area (Å²) in [5.41, 5.74) is 1.24. The summed E-state index contributed by atoms with van der Waals surface area (Å²) in [4.78, 5) is 17.4. The molecule has 34 heavy (non-hydrogen) atoms. The van der Waals surface area contributed by atoms with Gasteiger partial charge < -0.3 is 19.5 Å². The van der Waals surface area contributed by atoms with E-state index in [2.05, 4.69) is 10.3 Å². The van der Waals surface area contributed by atoms with Crippen molar-refractivity contribution in [3.63, 3.8) is 0 Å². The number of halogens is 1. The minimum absolute atomic E-state index is 0.0825. The number of pyridine rings is 1. The third-order valence-electron chi connectivity index (χ3n) is 5.53. The molecule has 0 radical (unpaired) electrons. The zero-order valence-electron chi connectivity index (χ0n) is 18.6. The van der Waals surface area contributed by atoms with Gasteiger partial charge in [-0.25, -0.2) is 4.39 Å².